The Balaban J connectivity index is 1.75. The van der Waals surface area contributed by atoms with Crippen molar-refractivity contribution in [3.63, 3.8) is 0 Å². The maximum atomic E-state index is 4.17. The summed E-state index contributed by atoms with van der Waals surface area (Å²) in [7, 11) is 1.96. The molecule has 1 aromatic heterocycles. The van der Waals surface area contributed by atoms with Gasteiger partial charge in [0.1, 0.15) is 0 Å². The van der Waals surface area contributed by atoms with Gasteiger partial charge in [-0.2, -0.15) is 5.10 Å². The molecule has 0 saturated carbocycles. The van der Waals surface area contributed by atoms with Gasteiger partial charge < -0.3 is 5.32 Å². The summed E-state index contributed by atoms with van der Waals surface area (Å²) in [6.45, 7) is 7.87. The van der Waals surface area contributed by atoms with Gasteiger partial charge in [0.15, 0.2) is 0 Å². The Morgan fingerprint density at radius 3 is 2.94 bits per heavy atom. The third-order valence-corrected chi connectivity index (χ3v) is 3.30. The normalized spacial score (nSPS) is 22.1. The van der Waals surface area contributed by atoms with Crippen molar-refractivity contribution in [2.24, 2.45) is 7.05 Å². The van der Waals surface area contributed by atoms with Gasteiger partial charge in [0.25, 0.3) is 0 Å². The molecule has 1 aromatic rings. The Morgan fingerprint density at radius 1 is 1.56 bits per heavy atom. The molecule has 1 aliphatic heterocycles. The average Bonchev–Trinajstić information content (AvgIpc) is 2.83. The molecule has 1 aliphatic rings. The number of aryl methyl sites for hydroxylation is 1. The third-order valence-electron chi connectivity index (χ3n) is 3.30. The van der Waals surface area contributed by atoms with E-state index in [9.17, 15) is 0 Å². The van der Waals surface area contributed by atoms with E-state index in [1.165, 1.54) is 25.1 Å². The third kappa shape index (κ3) is 2.83. The smallest absolute Gasteiger partial charge is 0.0534 e. The van der Waals surface area contributed by atoms with Crippen LogP contribution in [0.5, 0.6) is 0 Å². The Bertz CT molecular complexity index is 332. The van der Waals surface area contributed by atoms with Crippen molar-refractivity contribution in [2.45, 2.75) is 38.9 Å². The second kappa shape index (κ2) is 4.97. The second-order valence-electron chi connectivity index (χ2n) is 4.98. The predicted molar refractivity (Wildman–Crippen MR) is 65.2 cm³/mol. The minimum absolute atomic E-state index is 0.641. The number of rotatable bonds is 4. The molecule has 0 aliphatic carbocycles. The molecule has 2 rings (SSSR count). The molecule has 4 nitrogen and oxygen atoms in total. The molecule has 1 N–H and O–H groups in total. The van der Waals surface area contributed by atoms with Crippen LogP contribution in [0.1, 0.15) is 25.8 Å². The first kappa shape index (κ1) is 11.6. The maximum Gasteiger partial charge on any atom is 0.0534 e. The lowest BCUT2D eigenvalue weighted by Crippen LogP contribution is -2.34. The lowest BCUT2D eigenvalue weighted by molar-refractivity contribution is 0.268. The number of hydrogen-bond acceptors (Lipinski definition) is 3. The topological polar surface area (TPSA) is 33.1 Å². The molecule has 1 fully saturated rings. The van der Waals surface area contributed by atoms with Gasteiger partial charge in [0.2, 0.25) is 0 Å². The molecular weight excluding hydrogens is 200 g/mol. The van der Waals surface area contributed by atoms with Crippen molar-refractivity contribution >= 4 is 0 Å². The molecule has 2 heterocycles. The van der Waals surface area contributed by atoms with Crippen LogP contribution in [0.3, 0.4) is 0 Å². The lowest BCUT2D eigenvalue weighted by atomic mass is 10.2. The van der Waals surface area contributed by atoms with Crippen molar-refractivity contribution in [1.82, 2.24) is 20.0 Å². The van der Waals surface area contributed by atoms with E-state index in [4.69, 9.17) is 0 Å². The van der Waals surface area contributed by atoms with Gasteiger partial charge in [-0.05, 0) is 26.8 Å². The number of aromatic nitrogens is 2. The molecule has 0 bridgehead atoms. The fraction of sp³-hybridized carbons (Fsp3) is 0.750. The predicted octanol–water partition coefficient (Wildman–Crippen LogP) is 0.992. The highest BCUT2D eigenvalue weighted by molar-refractivity contribution is 5.03. The van der Waals surface area contributed by atoms with Crippen LogP contribution in [0.15, 0.2) is 12.4 Å². The summed E-state index contributed by atoms with van der Waals surface area (Å²) in [5, 5.41) is 7.77. The summed E-state index contributed by atoms with van der Waals surface area (Å²) in [4.78, 5) is 2.53. The summed E-state index contributed by atoms with van der Waals surface area (Å²) < 4.78 is 1.85. The van der Waals surface area contributed by atoms with Gasteiger partial charge in [-0.25, -0.2) is 0 Å². The minimum atomic E-state index is 0.641. The van der Waals surface area contributed by atoms with E-state index in [1.807, 2.05) is 17.9 Å². The molecule has 90 valence electrons. The monoisotopic (exact) mass is 222 g/mol. The van der Waals surface area contributed by atoms with Crippen molar-refractivity contribution in [1.29, 1.82) is 0 Å². The van der Waals surface area contributed by atoms with Crippen LogP contribution >= 0.6 is 0 Å². The van der Waals surface area contributed by atoms with Gasteiger partial charge in [0, 0.05) is 44.0 Å². The molecule has 1 saturated heterocycles. The average molecular weight is 222 g/mol. The van der Waals surface area contributed by atoms with Crippen molar-refractivity contribution < 1.29 is 0 Å². The van der Waals surface area contributed by atoms with Crippen molar-refractivity contribution in [3.8, 4) is 0 Å². The SMILES string of the molecule is CC(C)N1CCC(NCc2cnn(C)c2)C1. The van der Waals surface area contributed by atoms with E-state index in [-0.39, 0.29) is 0 Å². The van der Waals surface area contributed by atoms with Crippen LogP contribution in [0.25, 0.3) is 0 Å². The summed E-state index contributed by atoms with van der Waals surface area (Å²) in [6.07, 6.45) is 5.27. The van der Waals surface area contributed by atoms with E-state index in [2.05, 4.69) is 35.4 Å². The minimum Gasteiger partial charge on any atom is -0.308 e. The summed E-state index contributed by atoms with van der Waals surface area (Å²) in [6, 6.07) is 1.31. The van der Waals surface area contributed by atoms with Crippen LogP contribution < -0.4 is 5.32 Å². The van der Waals surface area contributed by atoms with E-state index in [0.29, 0.717) is 12.1 Å². The molecule has 0 amide bonds. The highest BCUT2D eigenvalue weighted by Crippen LogP contribution is 2.12. The maximum absolute atomic E-state index is 4.17. The van der Waals surface area contributed by atoms with E-state index >= 15 is 0 Å². The van der Waals surface area contributed by atoms with E-state index < -0.39 is 0 Å². The van der Waals surface area contributed by atoms with Gasteiger partial charge in [-0.15, -0.1) is 0 Å². The Labute approximate surface area is 97.6 Å². The van der Waals surface area contributed by atoms with E-state index in [1.54, 1.807) is 0 Å². The summed E-state index contributed by atoms with van der Waals surface area (Å²) in [5.41, 5.74) is 1.27. The van der Waals surface area contributed by atoms with Gasteiger partial charge >= 0.3 is 0 Å². The van der Waals surface area contributed by atoms with Crippen molar-refractivity contribution in [3.05, 3.63) is 18.0 Å². The van der Waals surface area contributed by atoms with E-state index in [0.717, 1.165) is 6.54 Å². The first-order valence-corrected chi connectivity index (χ1v) is 6.10. The second-order valence-corrected chi connectivity index (χ2v) is 4.98. The Hall–Kier alpha value is -0.870. The Morgan fingerprint density at radius 2 is 2.38 bits per heavy atom. The number of likely N-dealkylation sites (tertiary alicyclic amines) is 1. The molecular formula is C12H22N4. The lowest BCUT2D eigenvalue weighted by Gasteiger charge is -2.20. The highest BCUT2D eigenvalue weighted by atomic mass is 15.2. The van der Waals surface area contributed by atoms with Gasteiger partial charge in [0.05, 0.1) is 6.20 Å². The fourth-order valence-corrected chi connectivity index (χ4v) is 2.25. The summed E-state index contributed by atoms with van der Waals surface area (Å²) in [5.74, 6) is 0. The van der Waals surface area contributed by atoms with Crippen LogP contribution in [-0.4, -0.2) is 39.9 Å². The number of nitrogens with zero attached hydrogens (tertiary/aromatic N) is 3. The molecule has 0 radical (unpaired) electrons. The van der Waals surface area contributed by atoms with Gasteiger partial charge in [-0.1, -0.05) is 0 Å². The van der Waals surface area contributed by atoms with Crippen LogP contribution in [0.4, 0.5) is 0 Å². The number of hydrogen-bond donors (Lipinski definition) is 1. The van der Waals surface area contributed by atoms with Gasteiger partial charge in [-0.3, -0.25) is 9.58 Å². The zero-order valence-corrected chi connectivity index (χ0v) is 10.5. The zero-order valence-electron chi connectivity index (χ0n) is 10.5. The zero-order chi connectivity index (χ0) is 11.5. The molecule has 16 heavy (non-hydrogen) atoms. The Kier molecular flexibility index (Phi) is 3.61. The first-order valence-electron chi connectivity index (χ1n) is 6.10. The highest BCUT2D eigenvalue weighted by Gasteiger charge is 2.23. The molecule has 4 heteroatoms. The van der Waals surface area contributed by atoms with Crippen LogP contribution in [-0.2, 0) is 13.6 Å². The largest absolute Gasteiger partial charge is 0.308 e. The molecule has 1 atom stereocenters. The molecule has 0 aromatic carbocycles. The number of nitrogens with one attached hydrogen (secondary N) is 1. The fourth-order valence-electron chi connectivity index (χ4n) is 2.25. The standard InChI is InChI=1S/C12H22N4/c1-10(2)16-5-4-12(9-16)13-6-11-7-14-15(3)8-11/h7-8,10,12-13H,4-6,9H2,1-3H3. The molecule has 0 spiro atoms. The summed E-state index contributed by atoms with van der Waals surface area (Å²) >= 11 is 0. The molecule has 1 unspecified atom stereocenters. The quantitative estimate of drug-likeness (QED) is 0.825. The van der Waals surface area contributed by atoms with Crippen LogP contribution in [0.2, 0.25) is 0 Å². The van der Waals surface area contributed by atoms with Crippen LogP contribution in [0, 0.1) is 0 Å². The first-order chi connectivity index (χ1) is 7.65. The van der Waals surface area contributed by atoms with Crippen molar-refractivity contribution in [2.75, 3.05) is 13.1 Å².